The van der Waals surface area contributed by atoms with Gasteiger partial charge in [-0.1, -0.05) is 0 Å². The molecule has 10 nitrogen and oxygen atoms in total. The summed E-state index contributed by atoms with van der Waals surface area (Å²) >= 11 is 9.31. The molecule has 0 amide bonds. The van der Waals surface area contributed by atoms with Crippen LogP contribution in [0.15, 0.2) is 25.6 Å². The second-order valence-corrected chi connectivity index (χ2v) is 10.1. The molecule has 1 aromatic rings. The first-order valence-corrected chi connectivity index (χ1v) is 11.6. The van der Waals surface area contributed by atoms with Gasteiger partial charge >= 0.3 is 23.5 Å². The lowest BCUT2D eigenvalue weighted by Crippen LogP contribution is -1.99. The summed E-state index contributed by atoms with van der Waals surface area (Å²) in [6, 6.07) is 2.64. The van der Waals surface area contributed by atoms with E-state index in [2.05, 4.69) is 60.9 Å². The molecular weight excluding hydrogens is 565 g/mol. The van der Waals surface area contributed by atoms with E-state index in [1.54, 1.807) is 0 Å². The molecule has 0 aromatic heterocycles. The maximum Gasteiger partial charge on any atom is 0.536 e. The molecule has 0 aliphatic rings. The van der Waals surface area contributed by atoms with Gasteiger partial charge in [0.15, 0.2) is 0 Å². The van der Waals surface area contributed by atoms with E-state index in [-0.39, 0.29) is 10.2 Å². The fourth-order valence-corrected chi connectivity index (χ4v) is 5.52. The quantitative estimate of drug-likeness (QED) is 0.293. The van der Waals surface area contributed by atoms with Crippen LogP contribution in [0.3, 0.4) is 0 Å². The van der Waals surface area contributed by atoms with E-state index in [9.17, 15) is 18.6 Å². The molecular formula is C6H6Br3O10P3. The zero-order chi connectivity index (χ0) is 17.3. The van der Waals surface area contributed by atoms with Crippen molar-refractivity contribution < 1.29 is 46.4 Å². The van der Waals surface area contributed by atoms with Crippen molar-refractivity contribution in [2.45, 2.75) is 0 Å². The molecule has 1 aromatic carbocycles. The Kier molecular flexibility index (Phi) is 7.08. The van der Waals surface area contributed by atoms with Gasteiger partial charge in [-0.05, 0) is 59.9 Å². The van der Waals surface area contributed by atoms with E-state index in [1.807, 2.05) is 0 Å². The lowest BCUT2D eigenvalue weighted by Gasteiger charge is -2.17. The van der Waals surface area contributed by atoms with Gasteiger partial charge in [0.2, 0.25) is 0 Å². The molecule has 2 unspecified atom stereocenters. The van der Waals surface area contributed by atoms with Crippen molar-refractivity contribution in [3.8, 4) is 5.75 Å². The average molecular weight is 571 g/mol. The first-order chi connectivity index (χ1) is 9.72. The van der Waals surface area contributed by atoms with Crippen molar-refractivity contribution in [2.24, 2.45) is 0 Å². The number of benzene rings is 1. The Balaban J connectivity index is 2.98. The van der Waals surface area contributed by atoms with E-state index in [1.165, 1.54) is 12.1 Å². The second-order valence-electron chi connectivity index (χ2n) is 3.36. The smallest absolute Gasteiger partial charge is 0.403 e. The maximum atomic E-state index is 11.6. The molecule has 126 valence electrons. The van der Waals surface area contributed by atoms with Gasteiger partial charge in [0.05, 0.1) is 4.47 Å². The largest absolute Gasteiger partial charge is 0.536 e. The minimum absolute atomic E-state index is 0.170. The summed E-state index contributed by atoms with van der Waals surface area (Å²) < 4.78 is 46.2. The molecule has 0 aliphatic heterocycles. The fraction of sp³-hybridized carbons (Fsp3) is 0. The van der Waals surface area contributed by atoms with E-state index in [4.69, 9.17) is 14.7 Å². The van der Waals surface area contributed by atoms with Crippen LogP contribution in [-0.2, 0) is 22.3 Å². The third-order valence-corrected chi connectivity index (χ3v) is 8.72. The highest BCUT2D eigenvalue weighted by Crippen LogP contribution is 2.66. The van der Waals surface area contributed by atoms with Crippen molar-refractivity contribution in [1.29, 1.82) is 0 Å². The molecule has 0 spiro atoms. The van der Waals surface area contributed by atoms with Gasteiger partial charge in [-0.15, -0.1) is 0 Å². The predicted octanol–water partition coefficient (Wildman–Crippen LogP) is 3.68. The average Bonchev–Trinajstić information content (AvgIpc) is 2.25. The van der Waals surface area contributed by atoms with Gasteiger partial charge in [0, 0.05) is 8.95 Å². The maximum absolute atomic E-state index is 11.6. The van der Waals surface area contributed by atoms with Crippen LogP contribution in [0, 0.1) is 0 Å². The van der Waals surface area contributed by atoms with Gasteiger partial charge in [-0.25, -0.2) is 13.7 Å². The molecule has 0 saturated heterocycles. The van der Waals surface area contributed by atoms with Gasteiger partial charge in [0.25, 0.3) is 0 Å². The topological polar surface area (TPSA) is 160 Å². The Labute approximate surface area is 148 Å². The summed E-state index contributed by atoms with van der Waals surface area (Å²) in [6.45, 7) is 0. The Morgan fingerprint density at radius 3 is 1.86 bits per heavy atom. The first-order valence-electron chi connectivity index (χ1n) is 4.69. The van der Waals surface area contributed by atoms with Crippen molar-refractivity contribution in [3.05, 3.63) is 25.6 Å². The van der Waals surface area contributed by atoms with E-state index in [0.29, 0.717) is 8.95 Å². The van der Waals surface area contributed by atoms with Crippen LogP contribution in [-0.4, -0.2) is 19.6 Å². The molecule has 2 atom stereocenters. The van der Waals surface area contributed by atoms with E-state index in [0.717, 1.165) is 0 Å². The normalized spacial score (nSPS) is 17.6. The van der Waals surface area contributed by atoms with Crippen LogP contribution in [0.5, 0.6) is 5.75 Å². The summed E-state index contributed by atoms with van der Waals surface area (Å²) in [6.07, 6.45) is 0. The Bertz CT molecular complexity index is 716. The molecule has 0 aliphatic carbocycles. The highest BCUT2D eigenvalue weighted by molar-refractivity contribution is 9.14. The predicted molar refractivity (Wildman–Crippen MR) is 84.0 cm³/mol. The number of phosphoric acid groups is 3. The molecule has 0 bridgehead atoms. The summed E-state index contributed by atoms with van der Waals surface area (Å²) in [7, 11) is -16.2. The zero-order valence-corrected chi connectivity index (χ0v) is 17.3. The molecule has 22 heavy (non-hydrogen) atoms. The molecule has 1 rings (SSSR count). The monoisotopic (exact) mass is 568 g/mol. The van der Waals surface area contributed by atoms with Crippen LogP contribution in [0.2, 0.25) is 0 Å². The third-order valence-electron chi connectivity index (χ3n) is 1.63. The minimum Gasteiger partial charge on any atom is -0.403 e. The number of phosphoric ester groups is 1. The van der Waals surface area contributed by atoms with Crippen molar-refractivity contribution in [2.75, 3.05) is 0 Å². The van der Waals surface area contributed by atoms with Crippen molar-refractivity contribution >= 4 is 71.3 Å². The lowest BCUT2D eigenvalue weighted by atomic mass is 10.3. The number of rotatable bonds is 6. The second kappa shape index (κ2) is 7.43. The van der Waals surface area contributed by atoms with Crippen molar-refractivity contribution in [1.82, 2.24) is 0 Å². The van der Waals surface area contributed by atoms with E-state index >= 15 is 0 Å². The molecule has 4 N–H and O–H groups in total. The highest BCUT2D eigenvalue weighted by atomic mass is 79.9. The molecule has 0 heterocycles. The summed E-state index contributed by atoms with van der Waals surface area (Å²) in [5.41, 5.74) is 0. The third kappa shape index (κ3) is 6.80. The lowest BCUT2D eigenvalue weighted by molar-refractivity contribution is 0.206. The highest BCUT2D eigenvalue weighted by Gasteiger charge is 2.41. The molecule has 0 radical (unpaired) electrons. The van der Waals surface area contributed by atoms with Crippen LogP contribution in [0.1, 0.15) is 0 Å². The minimum atomic E-state index is -5.55. The van der Waals surface area contributed by atoms with Gasteiger partial charge in [-0.2, -0.15) is 8.62 Å². The van der Waals surface area contributed by atoms with Gasteiger partial charge in [0.1, 0.15) is 5.75 Å². The van der Waals surface area contributed by atoms with Crippen LogP contribution in [0.4, 0.5) is 0 Å². The van der Waals surface area contributed by atoms with Crippen molar-refractivity contribution in [3.63, 3.8) is 0 Å². The van der Waals surface area contributed by atoms with E-state index < -0.39 is 23.5 Å². The molecule has 0 fully saturated rings. The SMILES string of the molecule is O=P(O)(O)OP(=O)(O)OP(=O)(O)Oc1ccc(Br)c(Br)c1Br. The molecule has 0 saturated carbocycles. The van der Waals surface area contributed by atoms with Crippen LogP contribution >= 0.6 is 71.3 Å². The van der Waals surface area contributed by atoms with Crippen LogP contribution in [0.25, 0.3) is 0 Å². The Morgan fingerprint density at radius 2 is 1.36 bits per heavy atom. The summed E-state index contributed by atoms with van der Waals surface area (Å²) in [5, 5.41) is 0. The standard InChI is InChI=1S/C6H6Br3O10P3/c7-3-1-2-4(6(9)5(3)8)17-21(13,14)19-22(15,16)18-20(10,11)12/h1-2H,(H,13,14)(H,15,16)(H2,10,11,12). The molecule has 16 heteroatoms. The summed E-state index contributed by atoms with van der Waals surface area (Å²) in [4.78, 5) is 35.2. The Hall–Kier alpha value is 0.910. The summed E-state index contributed by atoms with van der Waals surface area (Å²) in [5.74, 6) is -0.253. The van der Waals surface area contributed by atoms with Crippen LogP contribution < -0.4 is 4.52 Å². The number of halogens is 3. The van der Waals surface area contributed by atoms with Gasteiger partial charge < -0.3 is 19.2 Å². The first kappa shape index (κ1) is 21.0. The zero-order valence-electron chi connectivity index (χ0n) is 9.87. The van der Waals surface area contributed by atoms with Gasteiger partial charge in [-0.3, -0.25) is 4.89 Å². The fourth-order valence-electron chi connectivity index (χ4n) is 0.999. The Morgan fingerprint density at radius 1 is 0.818 bits per heavy atom. The number of hydrogen-bond acceptors (Lipinski definition) is 6. The number of hydrogen-bond donors (Lipinski definition) is 4.